The number of rotatable bonds is 8. The van der Waals surface area contributed by atoms with Crippen LogP contribution in [0.3, 0.4) is 0 Å². The number of hydrogen-bond donors (Lipinski definition) is 0. The fourth-order valence-electron chi connectivity index (χ4n) is 2.91. The molecule has 2 aromatic carbocycles. The summed E-state index contributed by atoms with van der Waals surface area (Å²) in [5.74, 6) is 2.21. The maximum absolute atomic E-state index is 12.6. The molecule has 0 aliphatic heterocycles. The van der Waals surface area contributed by atoms with Gasteiger partial charge in [-0.3, -0.25) is 9.36 Å². The van der Waals surface area contributed by atoms with E-state index in [0.29, 0.717) is 33.5 Å². The van der Waals surface area contributed by atoms with Crippen molar-refractivity contribution in [3.05, 3.63) is 82.5 Å². The lowest BCUT2D eigenvalue weighted by molar-refractivity contribution is 0.102. The van der Waals surface area contributed by atoms with Crippen molar-refractivity contribution in [2.75, 3.05) is 12.9 Å². The largest absolute Gasteiger partial charge is 0.497 e. The van der Waals surface area contributed by atoms with Crippen molar-refractivity contribution in [2.45, 2.75) is 11.7 Å². The molecule has 0 unspecified atom stereocenters. The van der Waals surface area contributed by atoms with Crippen molar-refractivity contribution in [2.24, 2.45) is 0 Å². The molecule has 4 rings (SSSR count). The zero-order valence-corrected chi connectivity index (χ0v) is 18.5. The number of thioether (sulfide) groups is 1. The van der Waals surface area contributed by atoms with Crippen molar-refractivity contribution in [3.8, 4) is 17.3 Å². The van der Waals surface area contributed by atoms with Gasteiger partial charge >= 0.3 is 0 Å². The summed E-state index contributed by atoms with van der Waals surface area (Å²) < 4.78 is 13.4. The number of Topliss-reactive ketones (excluding diaryl/α,β-unsaturated/α-hetero) is 1. The molecular formula is C22H18BrN3O3S. The number of methoxy groups -OCH3 is 1. The third-order valence-corrected chi connectivity index (χ3v) is 5.83. The monoisotopic (exact) mass is 483 g/mol. The van der Waals surface area contributed by atoms with Crippen LogP contribution in [0.5, 0.6) is 5.75 Å². The number of ketones is 1. The van der Waals surface area contributed by atoms with Crippen molar-refractivity contribution in [1.82, 2.24) is 14.8 Å². The van der Waals surface area contributed by atoms with Gasteiger partial charge in [-0.15, -0.1) is 10.2 Å². The van der Waals surface area contributed by atoms with Crippen LogP contribution in [0.15, 0.2) is 81.0 Å². The van der Waals surface area contributed by atoms with E-state index in [1.54, 1.807) is 31.4 Å². The van der Waals surface area contributed by atoms with Crippen LogP contribution in [0.1, 0.15) is 15.9 Å². The van der Waals surface area contributed by atoms with Crippen LogP contribution in [0.4, 0.5) is 0 Å². The molecule has 0 radical (unpaired) electrons. The molecule has 4 aromatic rings. The first kappa shape index (κ1) is 20.4. The number of halogens is 1. The molecule has 0 saturated heterocycles. The fraction of sp³-hybridized carbons (Fsp3) is 0.136. The first-order valence-electron chi connectivity index (χ1n) is 9.17. The van der Waals surface area contributed by atoms with Crippen LogP contribution in [0.2, 0.25) is 0 Å². The topological polar surface area (TPSA) is 70.2 Å². The summed E-state index contributed by atoms with van der Waals surface area (Å²) in [6.07, 6.45) is 0. The number of carbonyl (C=O) groups excluding carboxylic acids is 1. The van der Waals surface area contributed by atoms with Crippen LogP contribution in [0, 0.1) is 0 Å². The Balaban J connectivity index is 1.57. The molecule has 30 heavy (non-hydrogen) atoms. The Bertz CT molecular complexity index is 1140. The van der Waals surface area contributed by atoms with Gasteiger partial charge in [0.25, 0.3) is 0 Å². The average Bonchev–Trinajstić information content (AvgIpc) is 3.38. The lowest BCUT2D eigenvalue weighted by Gasteiger charge is -2.09. The zero-order chi connectivity index (χ0) is 20.9. The molecule has 0 aliphatic carbocycles. The Hall–Kier alpha value is -2.84. The van der Waals surface area contributed by atoms with Gasteiger partial charge in [-0.05, 0) is 57.9 Å². The molecule has 0 fully saturated rings. The van der Waals surface area contributed by atoms with Crippen molar-refractivity contribution >= 4 is 33.5 Å². The lowest BCUT2D eigenvalue weighted by atomic mass is 10.1. The molecule has 0 amide bonds. The molecule has 0 atom stereocenters. The Kier molecular flexibility index (Phi) is 6.35. The molecule has 6 nitrogen and oxygen atoms in total. The van der Waals surface area contributed by atoms with E-state index in [9.17, 15) is 4.79 Å². The first-order valence-corrected chi connectivity index (χ1v) is 10.9. The summed E-state index contributed by atoms with van der Waals surface area (Å²) in [7, 11) is 1.60. The van der Waals surface area contributed by atoms with Gasteiger partial charge in [0.2, 0.25) is 5.82 Å². The predicted molar refractivity (Wildman–Crippen MR) is 119 cm³/mol. The number of aromatic nitrogens is 3. The van der Waals surface area contributed by atoms with E-state index >= 15 is 0 Å². The van der Waals surface area contributed by atoms with Crippen LogP contribution in [0.25, 0.3) is 11.6 Å². The molecule has 2 heterocycles. The summed E-state index contributed by atoms with van der Waals surface area (Å²) in [5.41, 5.74) is 1.74. The predicted octanol–water partition coefficient (Wildman–Crippen LogP) is 5.33. The molecular weight excluding hydrogens is 466 g/mol. The van der Waals surface area contributed by atoms with Gasteiger partial charge in [-0.25, -0.2) is 0 Å². The van der Waals surface area contributed by atoms with E-state index in [0.717, 1.165) is 11.3 Å². The van der Waals surface area contributed by atoms with E-state index in [1.165, 1.54) is 11.8 Å². The van der Waals surface area contributed by atoms with E-state index < -0.39 is 0 Å². The summed E-state index contributed by atoms with van der Waals surface area (Å²) in [6, 6.07) is 20.8. The minimum Gasteiger partial charge on any atom is -0.497 e. The third kappa shape index (κ3) is 4.66. The van der Waals surface area contributed by atoms with Crippen molar-refractivity contribution in [3.63, 3.8) is 0 Å². The highest BCUT2D eigenvalue weighted by atomic mass is 79.9. The highest BCUT2D eigenvalue weighted by Crippen LogP contribution is 2.28. The van der Waals surface area contributed by atoms with Gasteiger partial charge < -0.3 is 9.15 Å². The normalized spacial score (nSPS) is 10.9. The SMILES string of the molecule is COc1ccc(C(=O)CSc2nnc(-c3ccc(Br)o3)n2Cc2ccccc2)cc1. The Morgan fingerprint density at radius 3 is 2.50 bits per heavy atom. The van der Waals surface area contributed by atoms with Crippen molar-refractivity contribution in [1.29, 1.82) is 0 Å². The molecule has 0 spiro atoms. The number of nitrogens with zero attached hydrogens (tertiary/aromatic N) is 3. The molecule has 0 bridgehead atoms. The van der Waals surface area contributed by atoms with Gasteiger partial charge in [-0.1, -0.05) is 42.1 Å². The summed E-state index contributed by atoms with van der Waals surface area (Å²) in [4.78, 5) is 12.6. The van der Waals surface area contributed by atoms with Crippen LogP contribution in [-0.4, -0.2) is 33.4 Å². The van der Waals surface area contributed by atoms with Crippen LogP contribution >= 0.6 is 27.7 Å². The molecule has 0 N–H and O–H groups in total. The number of carbonyl (C=O) groups is 1. The minimum atomic E-state index is 0.0132. The molecule has 8 heteroatoms. The second-order valence-electron chi connectivity index (χ2n) is 6.42. The molecule has 2 aromatic heterocycles. The highest BCUT2D eigenvalue weighted by molar-refractivity contribution is 9.10. The second kappa shape index (κ2) is 9.32. The quantitative estimate of drug-likeness (QED) is 0.249. The van der Waals surface area contributed by atoms with E-state index in [4.69, 9.17) is 9.15 Å². The van der Waals surface area contributed by atoms with Gasteiger partial charge in [0.05, 0.1) is 19.4 Å². The molecule has 152 valence electrons. The summed E-state index contributed by atoms with van der Waals surface area (Å²) in [5, 5.41) is 9.29. The third-order valence-electron chi connectivity index (χ3n) is 4.44. The number of hydrogen-bond acceptors (Lipinski definition) is 6. The Labute approximate surface area is 186 Å². The number of furan rings is 1. The van der Waals surface area contributed by atoms with Crippen LogP contribution in [-0.2, 0) is 6.54 Å². The lowest BCUT2D eigenvalue weighted by Crippen LogP contribution is -2.07. The van der Waals surface area contributed by atoms with Gasteiger partial charge in [-0.2, -0.15) is 0 Å². The van der Waals surface area contributed by atoms with E-state index in [-0.39, 0.29) is 11.5 Å². The van der Waals surface area contributed by atoms with Crippen LogP contribution < -0.4 is 4.74 Å². The Morgan fingerprint density at radius 1 is 1.07 bits per heavy atom. The maximum Gasteiger partial charge on any atom is 0.200 e. The van der Waals surface area contributed by atoms with E-state index in [2.05, 4.69) is 26.1 Å². The summed E-state index contributed by atoms with van der Waals surface area (Å²) in [6.45, 7) is 0.570. The van der Waals surface area contributed by atoms with E-state index in [1.807, 2.05) is 47.0 Å². The number of ether oxygens (including phenoxy) is 1. The highest BCUT2D eigenvalue weighted by Gasteiger charge is 2.19. The maximum atomic E-state index is 12.6. The molecule has 0 saturated carbocycles. The smallest absolute Gasteiger partial charge is 0.200 e. The first-order chi connectivity index (χ1) is 14.6. The fourth-order valence-corrected chi connectivity index (χ4v) is 4.05. The van der Waals surface area contributed by atoms with Crippen molar-refractivity contribution < 1.29 is 13.9 Å². The Morgan fingerprint density at radius 2 is 1.83 bits per heavy atom. The second-order valence-corrected chi connectivity index (χ2v) is 8.15. The minimum absolute atomic E-state index is 0.0132. The average molecular weight is 484 g/mol. The zero-order valence-electron chi connectivity index (χ0n) is 16.1. The standard InChI is InChI=1S/C22H18BrN3O3S/c1-28-17-9-7-16(8-10-17)18(27)14-30-22-25-24-21(19-11-12-20(23)29-19)26(22)13-15-5-3-2-4-6-15/h2-12H,13-14H2,1H3. The van der Waals surface area contributed by atoms with Gasteiger partial charge in [0.1, 0.15) is 5.75 Å². The van der Waals surface area contributed by atoms with Gasteiger partial charge in [0.15, 0.2) is 21.4 Å². The van der Waals surface area contributed by atoms with Gasteiger partial charge in [0, 0.05) is 5.56 Å². The number of benzene rings is 2. The summed E-state index contributed by atoms with van der Waals surface area (Å²) >= 11 is 4.69. The molecule has 0 aliphatic rings.